The van der Waals surface area contributed by atoms with Crippen LogP contribution < -0.4 is 0 Å². The number of ketones is 2. The monoisotopic (exact) mass is 206 g/mol. The SMILES string of the molecule is O=C1C=C(SO)c2ccccc2C1=O. The topological polar surface area (TPSA) is 54.4 Å². The van der Waals surface area contributed by atoms with Gasteiger partial charge in [0.1, 0.15) is 0 Å². The number of rotatable bonds is 1. The molecule has 0 aliphatic heterocycles. The van der Waals surface area contributed by atoms with Crippen LogP contribution in [0.2, 0.25) is 0 Å². The van der Waals surface area contributed by atoms with E-state index in [-0.39, 0.29) is 0 Å². The zero-order valence-electron chi connectivity index (χ0n) is 7.06. The third-order valence-electron chi connectivity index (χ3n) is 2.02. The van der Waals surface area contributed by atoms with E-state index in [0.29, 0.717) is 28.1 Å². The molecule has 0 unspecified atom stereocenters. The van der Waals surface area contributed by atoms with Crippen LogP contribution in [0.5, 0.6) is 0 Å². The molecular weight excluding hydrogens is 200 g/mol. The summed E-state index contributed by atoms with van der Waals surface area (Å²) in [5.41, 5.74) is 0.973. The Morgan fingerprint density at radius 1 is 1.07 bits per heavy atom. The molecule has 0 aromatic heterocycles. The van der Waals surface area contributed by atoms with E-state index in [2.05, 4.69) is 0 Å². The molecule has 1 aliphatic carbocycles. The molecule has 2 rings (SSSR count). The van der Waals surface area contributed by atoms with Crippen molar-refractivity contribution in [1.29, 1.82) is 0 Å². The molecule has 4 heteroatoms. The normalized spacial score (nSPS) is 15.1. The number of fused-ring (bicyclic) bond motifs is 1. The largest absolute Gasteiger partial charge is 0.325 e. The average Bonchev–Trinajstić information content (AvgIpc) is 2.23. The van der Waals surface area contributed by atoms with E-state index in [4.69, 9.17) is 4.55 Å². The van der Waals surface area contributed by atoms with Crippen molar-refractivity contribution in [2.24, 2.45) is 0 Å². The lowest BCUT2D eigenvalue weighted by atomic mass is 9.95. The molecule has 0 saturated carbocycles. The summed E-state index contributed by atoms with van der Waals surface area (Å²) >= 11 is 0.482. The maximum atomic E-state index is 11.4. The summed E-state index contributed by atoms with van der Waals surface area (Å²) in [7, 11) is 0. The van der Waals surface area contributed by atoms with Crippen molar-refractivity contribution in [1.82, 2.24) is 0 Å². The van der Waals surface area contributed by atoms with Gasteiger partial charge in [0, 0.05) is 34.2 Å². The Kier molecular flexibility index (Phi) is 2.23. The lowest BCUT2D eigenvalue weighted by Crippen LogP contribution is -2.17. The third kappa shape index (κ3) is 1.29. The number of carbonyl (C=O) groups excluding carboxylic acids is 2. The van der Waals surface area contributed by atoms with Gasteiger partial charge >= 0.3 is 0 Å². The average molecular weight is 206 g/mol. The first-order valence-electron chi connectivity index (χ1n) is 3.95. The molecule has 0 fully saturated rings. The predicted octanol–water partition coefficient (Wildman–Crippen LogP) is 2.00. The van der Waals surface area contributed by atoms with Gasteiger partial charge in [-0.2, -0.15) is 0 Å². The molecule has 0 amide bonds. The van der Waals surface area contributed by atoms with Crippen molar-refractivity contribution in [2.75, 3.05) is 0 Å². The first-order valence-corrected chi connectivity index (χ1v) is 4.72. The van der Waals surface area contributed by atoms with Gasteiger partial charge in [0.15, 0.2) is 0 Å². The fraction of sp³-hybridized carbons (Fsp3) is 0. The minimum absolute atomic E-state index is 0.358. The van der Waals surface area contributed by atoms with Crippen LogP contribution in [0.3, 0.4) is 0 Å². The van der Waals surface area contributed by atoms with Crippen LogP contribution in [0, 0.1) is 0 Å². The number of Topliss-reactive ketones (excluding diaryl/α,β-unsaturated/α-hetero) is 1. The molecule has 3 nitrogen and oxygen atoms in total. The van der Waals surface area contributed by atoms with E-state index in [1.165, 1.54) is 0 Å². The number of allylic oxidation sites excluding steroid dienone is 1. The van der Waals surface area contributed by atoms with Gasteiger partial charge in [0.2, 0.25) is 11.6 Å². The van der Waals surface area contributed by atoms with Crippen molar-refractivity contribution < 1.29 is 14.1 Å². The highest BCUT2D eigenvalue weighted by atomic mass is 32.2. The molecule has 1 aromatic carbocycles. The minimum Gasteiger partial charge on any atom is -0.325 e. The highest BCUT2D eigenvalue weighted by Crippen LogP contribution is 2.31. The van der Waals surface area contributed by atoms with Crippen molar-refractivity contribution in [3.63, 3.8) is 0 Å². The van der Waals surface area contributed by atoms with E-state index >= 15 is 0 Å². The standard InChI is InChI=1S/C10H6O3S/c11-8-5-9(14-13)6-3-1-2-4-7(6)10(8)12/h1-5,13H. The zero-order chi connectivity index (χ0) is 10.1. The molecule has 0 radical (unpaired) electrons. The smallest absolute Gasteiger partial charge is 0.233 e. The lowest BCUT2D eigenvalue weighted by Gasteiger charge is -2.12. The Hall–Kier alpha value is -1.39. The van der Waals surface area contributed by atoms with E-state index in [1.54, 1.807) is 24.3 Å². The summed E-state index contributed by atoms with van der Waals surface area (Å²) in [6, 6.07) is 6.73. The van der Waals surface area contributed by atoms with Crippen LogP contribution in [-0.2, 0) is 4.79 Å². The van der Waals surface area contributed by atoms with E-state index in [9.17, 15) is 9.59 Å². The van der Waals surface area contributed by atoms with Gasteiger partial charge in [-0.15, -0.1) is 0 Å². The van der Waals surface area contributed by atoms with Crippen molar-refractivity contribution >= 4 is 28.5 Å². The van der Waals surface area contributed by atoms with Crippen LogP contribution in [0.1, 0.15) is 15.9 Å². The molecule has 70 valence electrons. The van der Waals surface area contributed by atoms with Crippen molar-refractivity contribution in [3.8, 4) is 0 Å². The predicted molar refractivity (Wildman–Crippen MR) is 54.0 cm³/mol. The fourth-order valence-electron chi connectivity index (χ4n) is 1.37. The van der Waals surface area contributed by atoms with Gasteiger partial charge in [0.05, 0.1) is 0 Å². The maximum Gasteiger partial charge on any atom is 0.233 e. The second-order valence-corrected chi connectivity index (χ2v) is 3.46. The molecule has 0 spiro atoms. The highest BCUT2D eigenvalue weighted by molar-refractivity contribution is 8.03. The molecule has 1 aromatic rings. The Labute approximate surface area is 84.6 Å². The van der Waals surface area contributed by atoms with Gasteiger partial charge in [0.25, 0.3) is 0 Å². The second kappa shape index (κ2) is 3.40. The first kappa shape index (κ1) is 9.18. The van der Waals surface area contributed by atoms with Crippen LogP contribution >= 0.6 is 12.0 Å². The maximum absolute atomic E-state index is 11.4. The molecular formula is C10H6O3S. The molecule has 1 N–H and O–H groups in total. The van der Waals surface area contributed by atoms with E-state index < -0.39 is 11.6 Å². The number of carbonyl (C=O) groups is 2. The molecule has 0 bridgehead atoms. The fourth-order valence-corrected chi connectivity index (χ4v) is 1.80. The molecule has 0 heterocycles. The van der Waals surface area contributed by atoms with Gasteiger partial charge < -0.3 is 4.55 Å². The zero-order valence-corrected chi connectivity index (χ0v) is 7.88. The minimum atomic E-state index is -0.583. The third-order valence-corrected chi connectivity index (χ3v) is 2.56. The van der Waals surface area contributed by atoms with Crippen LogP contribution in [0.4, 0.5) is 0 Å². The second-order valence-electron chi connectivity index (χ2n) is 2.84. The molecule has 0 saturated heterocycles. The van der Waals surface area contributed by atoms with Crippen LogP contribution in [-0.4, -0.2) is 16.1 Å². The van der Waals surface area contributed by atoms with Crippen LogP contribution in [0.15, 0.2) is 30.3 Å². The summed E-state index contributed by atoms with van der Waals surface area (Å²) in [6.45, 7) is 0. The number of hydrogen-bond donors (Lipinski definition) is 1. The van der Waals surface area contributed by atoms with Gasteiger partial charge in [-0.1, -0.05) is 24.3 Å². The molecule has 14 heavy (non-hydrogen) atoms. The van der Waals surface area contributed by atoms with Crippen molar-refractivity contribution in [2.45, 2.75) is 0 Å². The first-order chi connectivity index (χ1) is 6.74. The Morgan fingerprint density at radius 3 is 2.36 bits per heavy atom. The van der Waals surface area contributed by atoms with Gasteiger partial charge in [-0.25, -0.2) is 0 Å². The van der Waals surface area contributed by atoms with E-state index in [1.807, 2.05) is 0 Å². The summed E-state index contributed by atoms with van der Waals surface area (Å²) < 4.78 is 8.93. The highest BCUT2D eigenvalue weighted by Gasteiger charge is 2.25. The summed E-state index contributed by atoms with van der Waals surface area (Å²) in [6.07, 6.45) is 1.16. The van der Waals surface area contributed by atoms with Crippen LogP contribution in [0.25, 0.3) is 4.91 Å². The number of hydrogen-bond acceptors (Lipinski definition) is 4. The van der Waals surface area contributed by atoms with Gasteiger partial charge in [-0.3, -0.25) is 9.59 Å². The molecule has 1 aliphatic rings. The van der Waals surface area contributed by atoms with E-state index in [0.717, 1.165) is 6.08 Å². The number of benzene rings is 1. The van der Waals surface area contributed by atoms with Gasteiger partial charge in [-0.05, 0) is 0 Å². The Morgan fingerprint density at radius 2 is 1.71 bits per heavy atom. The summed E-state index contributed by atoms with van der Waals surface area (Å²) in [5.74, 6) is -1.10. The quantitative estimate of drug-likeness (QED) is 0.564. The Bertz CT molecular complexity index is 448. The molecule has 0 atom stereocenters. The lowest BCUT2D eigenvalue weighted by molar-refractivity contribution is -0.110. The Balaban J connectivity index is 2.66. The summed E-state index contributed by atoms with van der Waals surface area (Å²) in [4.78, 5) is 23.0. The summed E-state index contributed by atoms with van der Waals surface area (Å²) in [5, 5.41) is 0. The van der Waals surface area contributed by atoms with Crippen molar-refractivity contribution in [3.05, 3.63) is 41.5 Å².